The standard InChI is InChI=1S/C11H14O6/c1-5(13)7-3-8(10(14)15)6(4-12)2-9(7)11(16)17/h4,6-9H,2-3H2,1H3,(H,14,15)(H,16,17). The van der Waals surface area contributed by atoms with Crippen LogP contribution in [0.1, 0.15) is 19.8 Å². The molecule has 0 aromatic carbocycles. The fraction of sp³-hybridized carbons (Fsp3) is 0.636. The van der Waals surface area contributed by atoms with Crippen LogP contribution in [0.15, 0.2) is 0 Å². The van der Waals surface area contributed by atoms with Gasteiger partial charge in [-0.05, 0) is 19.8 Å². The molecule has 0 bridgehead atoms. The summed E-state index contributed by atoms with van der Waals surface area (Å²) < 4.78 is 0. The fourth-order valence-electron chi connectivity index (χ4n) is 2.39. The number of carboxylic acids is 2. The van der Waals surface area contributed by atoms with E-state index < -0.39 is 35.6 Å². The Kier molecular flexibility index (Phi) is 3.98. The van der Waals surface area contributed by atoms with Crippen molar-refractivity contribution in [3.63, 3.8) is 0 Å². The summed E-state index contributed by atoms with van der Waals surface area (Å²) in [6.07, 6.45) is 0.316. The molecule has 6 heteroatoms. The maximum atomic E-state index is 11.3. The zero-order chi connectivity index (χ0) is 13.2. The zero-order valence-corrected chi connectivity index (χ0v) is 9.33. The first-order valence-electron chi connectivity index (χ1n) is 5.29. The summed E-state index contributed by atoms with van der Waals surface area (Å²) in [5.74, 6) is -6.21. The lowest BCUT2D eigenvalue weighted by atomic mass is 9.67. The molecule has 0 aliphatic heterocycles. The molecule has 4 atom stereocenters. The molecule has 1 fully saturated rings. The topological polar surface area (TPSA) is 109 Å². The van der Waals surface area contributed by atoms with Crippen molar-refractivity contribution in [2.24, 2.45) is 23.7 Å². The molecule has 1 aliphatic carbocycles. The Hall–Kier alpha value is -1.72. The second-order valence-corrected chi connectivity index (χ2v) is 4.38. The first-order chi connectivity index (χ1) is 7.88. The van der Waals surface area contributed by atoms with E-state index in [0.29, 0.717) is 6.29 Å². The van der Waals surface area contributed by atoms with E-state index in [2.05, 4.69) is 0 Å². The molecule has 4 unspecified atom stereocenters. The van der Waals surface area contributed by atoms with Crippen LogP contribution in [-0.2, 0) is 19.2 Å². The monoisotopic (exact) mass is 242 g/mol. The smallest absolute Gasteiger partial charge is 0.307 e. The van der Waals surface area contributed by atoms with Gasteiger partial charge >= 0.3 is 11.9 Å². The van der Waals surface area contributed by atoms with Crippen LogP contribution in [0, 0.1) is 23.7 Å². The van der Waals surface area contributed by atoms with Crippen molar-refractivity contribution in [2.45, 2.75) is 19.8 Å². The molecule has 1 rings (SSSR count). The molecule has 1 aliphatic rings. The number of ketones is 1. The van der Waals surface area contributed by atoms with Gasteiger partial charge in [-0.2, -0.15) is 0 Å². The van der Waals surface area contributed by atoms with Crippen LogP contribution in [0.4, 0.5) is 0 Å². The van der Waals surface area contributed by atoms with Crippen LogP contribution in [0.2, 0.25) is 0 Å². The summed E-state index contributed by atoms with van der Waals surface area (Å²) >= 11 is 0. The highest BCUT2D eigenvalue weighted by molar-refractivity contribution is 5.87. The molecule has 94 valence electrons. The van der Waals surface area contributed by atoms with Gasteiger partial charge < -0.3 is 15.0 Å². The van der Waals surface area contributed by atoms with Crippen LogP contribution in [0.5, 0.6) is 0 Å². The molecule has 1 saturated carbocycles. The minimum absolute atomic E-state index is 0.0783. The number of hydrogen-bond acceptors (Lipinski definition) is 4. The van der Waals surface area contributed by atoms with Crippen LogP contribution >= 0.6 is 0 Å². The number of aliphatic carboxylic acids is 2. The molecule has 0 amide bonds. The maximum absolute atomic E-state index is 11.3. The molecule has 0 aromatic heterocycles. The molecule has 17 heavy (non-hydrogen) atoms. The van der Waals surface area contributed by atoms with Gasteiger partial charge in [-0.15, -0.1) is 0 Å². The predicted molar refractivity (Wildman–Crippen MR) is 55.2 cm³/mol. The van der Waals surface area contributed by atoms with Crippen molar-refractivity contribution in [1.29, 1.82) is 0 Å². The second-order valence-electron chi connectivity index (χ2n) is 4.38. The van der Waals surface area contributed by atoms with Gasteiger partial charge in [0.1, 0.15) is 12.1 Å². The molecular weight excluding hydrogens is 228 g/mol. The second kappa shape index (κ2) is 5.07. The number of carbonyl (C=O) groups excluding carboxylic acids is 2. The average Bonchev–Trinajstić information content (AvgIpc) is 2.26. The van der Waals surface area contributed by atoms with E-state index in [4.69, 9.17) is 10.2 Å². The summed E-state index contributed by atoms with van der Waals surface area (Å²) in [4.78, 5) is 44.1. The third kappa shape index (κ3) is 2.69. The lowest BCUT2D eigenvalue weighted by Crippen LogP contribution is -2.42. The molecular formula is C11H14O6. The minimum atomic E-state index is -1.16. The SMILES string of the molecule is CC(=O)C1CC(C(=O)O)C(C=O)CC1C(=O)O. The Bertz CT molecular complexity index is 361. The van der Waals surface area contributed by atoms with Crippen LogP contribution in [0.25, 0.3) is 0 Å². The fourth-order valence-corrected chi connectivity index (χ4v) is 2.39. The van der Waals surface area contributed by atoms with E-state index in [-0.39, 0.29) is 18.6 Å². The van der Waals surface area contributed by atoms with Crippen LogP contribution in [0.3, 0.4) is 0 Å². The molecule has 0 saturated heterocycles. The lowest BCUT2D eigenvalue weighted by molar-refractivity contribution is -0.157. The summed E-state index contributed by atoms with van der Waals surface area (Å²) in [6.45, 7) is 1.25. The Labute approximate surface area is 97.6 Å². The third-order valence-corrected chi connectivity index (χ3v) is 3.37. The molecule has 0 radical (unpaired) electrons. The molecule has 0 spiro atoms. The van der Waals surface area contributed by atoms with Gasteiger partial charge in [0.05, 0.1) is 11.8 Å². The Morgan fingerprint density at radius 1 is 1.00 bits per heavy atom. The van der Waals surface area contributed by atoms with Gasteiger partial charge in [0.2, 0.25) is 0 Å². The van der Waals surface area contributed by atoms with Crippen LogP contribution < -0.4 is 0 Å². The summed E-state index contributed by atoms with van der Waals surface area (Å²) in [7, 11) is 0. The van der Waals surface area contributed by atoms with Crippen molar-refractivity contribution in [3.8, 4) is 0 Å². The van der Waals surface area contributed by atoms with Gasteiger partial charge in [-0.1, -0.05) is 0 Å². The minimum Gasteiger partial charge on any atom is -0.481 e. The predicted octanol–water partition coefficient (Wildman–Crippen LogP) is 0.202. The summed E-state index contributed by atoms with van der Waals surface area (Å²) in [5.41, 5.74) is 0. The first-order valence-corrected chi connectivity index (χ1v) is 5.29. The largest absolute Gasteiger partial charge is 0.481 e. The van der Waals surface area contributed by atoms with E-state index in [0.717, 1.165) is 0 Å². The molecule has 0 aromatic rings. The van der Waals surface area contributed by atoms with Crippen molar-refractivity contribution in [1.82, 2.24) is 0 Å². The Morgan fingerprint density at radius 3 is 1.88 bits per heavy atom. The summed E-state index contributed by atoms with van der Waals surface area (Å²) in [6, 6.07) is 0. The third-order valence-electron chi connectivity index (χ3n) is 3.37. The average molecular weight is 242 g/mol. The normalized spacial score (nSPS) is 32.8. The van der Waals surface area contributed by atoms with E-state index in [1.165, 1.54) is 6.92 Å². The van der Waals surface area contributed by atoms with Gasteiger partial charge in [-0.25, -0.2) is 0 Å². The van der Waals surface area contributed by atoms with Gasteiger partial charge in [0.25, 0.3) is 0 Å². The van der Waals surface area contributed by atoms with Crippen molar-refractivity contribution in [3.05, 3.63) is 0 Å². The summed E-state index contributed by atoms with van der Waals surface area (Å²) in [5, 5.41) is 17.9. The highest BCUT2D eigenvalue weighted by atomic mass is 16.4. The Balaban J connectivity index is 2.99. The van der Waals surface area contributed by atoms with Crippen LogP contribution in [-0.4, -0.2) is 34.2 Å². The number of Topliss-reactive ketones (excluding diaryl/α,β-unsaturated/α-hetero) is 1. The van der Waals surface area contributed by atoms with E-state index >= 15 is 0 Å². The molecule has 2 N–H and O–H groups in total. The van der Waals surface area contributed by atoms with Crippen molar-refractivity contribution in [2.75, 3.05) is 0 Å². The first kappa shape index (κ1) is 13.3. The van der Waals surface area contributed by atoms with E-state index in [1.807, 2.05) is 0 Å². The quantitative estimate of drug-likeness (QED) is 0.682. The number of rotatable bonds is 4. The van der Waals surface area contributed by atoms with Gasteiger partial charge in [0, 0.05) is 11.8 Å². The number of carbonyl (C=O) groups is 4. The van der Waals surface area contributed by atoms with E-state index in [9.17, 15) is 19.2 Å². The number of aldehydes is 1. The Morgan fingerprint density at radius 2 is 1.53 bits per heavy atom. The number of carboxylic acid groups (broad SMARTS) is 2. The highest BCUT2D eigenvalue weighted by Crippen LogP contribution is 2.38. The van der Waals surface area contributed by atoms with Gasteiger partial charge in [-0.3, -0.25) is 14.4 Å². The number of hydrogen-bond donors (Lipinski definition) is 2. The van der Waals surface area contributed by atoms with Gasteiger partial charge in [0.15, 0.2) is 0 Å². The van der Waals surface area contributed by atoms with Crippen molar-refractivity contribution < 1.29 is 29.4 Å². The molecule has 0 heterocycles. The van der Waals surface area contributed by atoms with Crippen molar-refractivity contribution >= 4 is 24.0 Å². The maximum Gasteiger partial charge on any atom is 0.307 e. The molecule has 6 nitrogen and oxygen atoms in total. The highest BCUT2D eigenvalue weighted by Gasteiger charge is 2.45. The van der Waals surface area contributed by atoms with E-state index in [1.54, 1.807) is 0 Å². The zero-order valence-electron chi connectivity index (χ0n) is 9.33. The lowest BCUT2D eigenvalue weighted by Gasteiger charge is -2.34.